The van der Waals surface area contributed by atoms with Gasteiger partial charge in [0, 0.05) is 5.56 Å². The van der Waals surface area contributed by atoms with E-state index in [2.05, 4.69) is 15.0 Å². The predicted octanol–water partition coefficient (Wildman–Crippen LogP) is 6.27. The highest BCUT2D eigenvalue weighted by atomic mass is 32.2. The van der Waals surface area contributed by atoms with E-state index >= 15 is 0 Å². The molecule has 2 amide bonds. The normalized spacial score (nSPS) is 16.2. The van der Waals surface area contributed by atoms with Gasteiger partial charge in [-0.25, -0.2) is 4.98 Å². The second-order valence-electron chi connectivity index (χ2n) is 7.92. The van der Waals surface area contributed by atoms with Crippen molar-refractivity contribution in [3.8, 4) is 23.0 Å². The molecule has 3 aromatic rings. The number of amides is 2. The van der Waals surface area contributed by atoms with Crippen molar-refractivity contribution in [3.63, 3.8) is 0 Å². The first-order valence-electron chi connectivity index (χ1n) is 10.8. The van der Waals surface area contributed by atoms with Crippen molar-refractivity contribution in [2.45, 2.75) is 38.5 Å². The second-order valence-corrected chi connectivity index (χ2v) is 9.09. The Hall–Kier alpha value is -3.73. The number of benzene rings is 2. The van der Waals surface area contributed by atoms with Crippen LogP contribution in [-0.4, -0.2) is 27.7 Å². The van der Waals surface area contributed by atoms with E-state index < -0.39 is 11.6 Å². The molecule has 0 bridgehead atoms. The van der Waals surface area contributed by atoms with Crippen molar-refractivity contribution in [3.05, 3.63) is 71.6 Å². The van der Waals surface area contributed by atoms with Gasteiger partial charge in [-0.2, -0.15) is 0 Å². The van der Waals surface area contributed by atoms with Gasteiger partial charge in [0.2, 0.25) is 11.8 Å². The first-order valence-corrected chi connectivity index (χ1v) is 11.7. The van der Waals surface area contributed by atoms with Crippen LogP contribution in [0.15, 0.2) is 59.0 Å². The summed E-state index contributed by atoms with van der Waals surface area (Å²) in [4.78, 5) is 27.5. The van der Waals surface area contributed by atoms with Crippen molar-refractivity contribution in [1.82, 2.24) is 10.3 Å². The molecule has 4 rings (SSSR count). The zero-order valence-electron chi connectivity index (χ0n) is 19.2. The van der Waals surface area contributed by atoms with Gasteiger partial charge >= 0.3 is 6.36 Å². The molecule has 188 valence electrons. The van der Waals surface area contributed by atoms with Crippen LogP contribution in [-0.2, 0) is 11.4 Å². The molecule has 7 nitrogen and oxygen atoms in total. The molecule has 0 spiro atoms. The lowest BCUT2D eigenvalue weighted by Gasteiger charge is -2.08. The number of carbonyl (C=O) groups excluding carboxylic acids is 2. The maximum Gasteiger partial charge on any atom is 0.573 e. The number of aryl methyl sites for hydroxylation is 1. The number of imide groups is 1. The summed E-state index contributed by atoms with van der Waals surface area (Å²) in [5, 5.41) is 1.52. The number of aromatic nitrogens is 1. The number of nitrogens with zero attached hydrogens (tertiary/aromatic N) is 1. The minimum absolute atomic E-state index is 0.123. The fourth-order valence-electron chi connectivity index (χ4n) is 3.42. The van der Waals surface area contributed by atoms with E-state index in [4.69, 9.17) is 9.15 Å². The standard InChI is InChI=1S/C25H21F3N2O5S/c1-14(6-11-21-22(31)30-24(32)36-21)17-4-3-5-19(12-17)33-13-20-15(2)34-23(29-20)16-7-9-18(10-8-16)35-25(26,27)28/h3-10,12,21H,11,13H2,1-2H3,(H,30,31,32)/b14-6-. The van der Waals surface area contributed by atoms with Crippen LogP contribution in [0.1, 0.15) is 30.4 Å². The monoisotopic (exact) mass is 518 g/mol. The van der Waals surface area contributed by atoms with E-state index in [-0.39, 0.29) is 29.4 Å². The number of oxazole rings is 1. The molecule has 1 aliphatic heterocycles. The highest BCUT2D eigenvalue weighted by Crippen LogP contribution is 2.29. The molecular formula is C25H21F3N2O5S. The number of halogens is 3. The molecule has 1 aliphatic rings. The summed E-state index contributed by atoms with van der Waals surface area (Å²) in [7, 11) is 0. The molecule has 36 heavy (non-hydrogen) atoms. The molecule has 0 aliphatic carbocycles. The zero-order valence-corrected chi connectivity index (χ0v) is 20.0. The largest absolute Gasteiger partial charge is 0.573 e. The average Bonchev–Trinajstić information content (AvgIpc) is 3.36. The van der Waals surface area contributed by atoms with Gasteiger partial charge in [-0.15, -0.1) is 13.2 Å². The first-order chi connectivity index (χ1) is 17.1. The van der Waals surface area contributed by atoms with Crippen LogP contribution in [0.5, 0.6) is 11.5 Å². The molecule has 11 heteroatoms. The Bertz CT molecular complexity index is 1300. The van der Waals surface area contributed by atoms with E-state index in [0.29, 0.717) is 29.2 Å². The maximum atomic E-state index is 12.3. The number of thioether (sulfide) groups is 1. The van der Waals surface area contributed by atoms with Crippen molar-refractivity contribution in [2.75, 3.05) is 0 Å². The van der Waals surface area contributed by atoms with Gasteiger partial charge in [0.25, 0.3) is 5.24 Å². The lowest BCUT2D eigenvalue weighted by molar-refractivity contribution is -0.274. The van der Waals surface area contributed by atoms with Gasteiger partial charge in [-0.05, 0) is 67.8 Å². The van der Waals surface area contributed by atoms with Crippen LogP contribution in [0.4, 0.5) is 18.0 Å². The third kappa shape index (κ3) is 6.48. The molecule has 0 radical (unpaired) electrons. The molecule has 1 unspecified atom stereocenters. The van der Waals surface area contributed by atoms with Crippen LogP contribution < -0.4 is 14.8 Å². The highest BCUT2D eigenvalue weighted by Gasteiger charge is 2.31. The van der Waals surface area contributed by atoms with Crippen LogP contribution in [0.3, 0.4) is 0 Å². The smallest absolute Gasteiger partial charge is 0.487 e. The minimum atomic E-state index is -4.76. The van der Waals surface area contributed by atoms with Crippen LogP contribution >= 0.6 is 11.8 Å². The number of hydrogen-bond donors (Lipinski definition) is 1. The summed E-state index contributed by atoms with van der Waals surface area (Å²) in [6, 6.07) is 12.6. The molecule has 1 saturated heterocycles. The van der Waals surface area contributed by atoms with Crippen LogP contribution in [0, 0.1) is 6.92 Å². The van der Waals surface area contributed by atoms with E-state index in [1.54, 1.807) is 13.0 Å². The van der Waals surface area contributed by atoms with E-state index in [1.807, 2.05) is 31.2 Å². The molecular weight excluding hydrogens is 497 g/mol. The first kappa shape index (κ1) is 25.4. The van der Waals surface area contributed by atoms with Crippen LogP contribution in [0.25, 0.3) is 17.0 Å². The molecule has 1 fully saturated rings. The minimum Gasteiger partial charge on any atom is -0.487 e. The zero-order chi connectivity index (χ0) is 25.9. The summed E-state index contributed by atoms with van der Waals surface area (Å²) in [5.41, 5.74) is 2.89. The Morgan fingerprint density at radius 1 is 1.17 bits per heavy atom. The number of allylic oxidation sites excluding steroid dienone is 2. The average molecular weight is 519 g/mol. The summed E-state index contributed by atoms with van der Waals surface area (Å²) < 4.78 is 52.5. The van der Waals surface area contributed by atoms with Gasteiger partial charge < -0.3 is 13.9 Å². The number of hydrogen-bond acceptors (Lipinski definition) is 7. The Kier molecular flexibility index (Phi) is 7.39. The lowest BCUT2D eigenvalue weighted by Crippen LogP contribution is -2.23. The fourth-order valence-corrected chi connectivity index (χ4v) is 4.19. The summed E-state index contributed by atoms with van der Waals surface area (Å²) >= 11 is 0.988. The predicted molar refractivity (Wildman–Crippen MR) is 127 cm³/mol. The third-order valence-electron chi connectivity index (χ3n) is 5.30. The second kappa shape index (κ2) is 10.5. The van der Waals surface area contributed by atoms with E-state index in [1.165, 1.54) is 24.3 Å². The van der Waals surface area contributed by atoms with Gasteiger partial charge in [-0.3, -0.25) is 14.9 Å². The van der Waals surface area contributed by atoms with Gasteiger partial charge in [0.15, 0.2) is 0 Å². The number of alkyl halides is 3. The quantitative estimate of drug-likeness (QED) is 0.376. The fraction of sp³-hybridized carbons (Fsp3) is 0.240. The Morgan fingerprint density at radius 3 is 2.58 bits per heavy atom. The topological polar surface area (TPSA) is 90.7 Å². The maximum absolute atomic E-state index is 12.3. The van der Waals surface area contributed by atoms with Crippen molar-refractivity contribution in [2.24, 2.45) is 0 Å². The molecule has 2 heterocycles. The lowest BCUT2D eigenvalue weighted by atomic mass is 10.1. The number of rotatable bonds is 8. The van der Waals surface area contributed by atoms with Crippen molar-refractivity contribution < 1.29 is 36.7 Å². The van der Waals surface area contributed by atoms with Gasteiger partial charge in [0.05, 0.1) is 5.25 Å². The van der Waals surface area contributed by atoms with Gasteiger partial charge in [0.1, 0.15) is 29.6 Å². The van der Waals surface area contributed by atoms with Gasteiger partial charge in [-0.1, -0.05) is 30.0 Å². The Balaban J connectivity index is 1.39. The molecule has 1 atom stereocenters. The number of nitrogens with one attached hydrogen (secondary N) is 1. The van der Waals surface area contributed by atoms with Crippen molar-refractivity contribution in [1.29, 1.82) is 0 Å². The summed E-state index contributed by atoms with van der Waals surface area (Å²) in [6.07, 6.45) is -2.42. The number of carbonyl (C=O) groups is 2. The highest BCUT2D eigenvalue weighted by molar-refractivity contribution is 8.15. The van der Waals surface area contributed by atoms with E-state index in [9.17, 15) is 22.8 Å². The summed E-state index contributed by atoms with van der Waals surface area (Å²) in [5.74, 6) is 0.764. The van der Waals surface area contributed by atoms with Crippen LogP contribution in [0.2, 0.25) is 0 Å². The summed E-state index contributed by atoms with van der Waals surface area (Å²) in [6.45, 7) is 3.76. The Morgan fingerprint density at radius 2 is 1.92 bits per heavy atom. The SMILES string of the molecule is C/C(=C/CC1SC(=O)NC1=O)c1cccc(OCc2nc(-c3ccc(OC(F)(F)F)cc3)oc2C)c1. The molecule has 1 aromatic heterocycles. The number of ether oxygens (including phenoxy) is 2. The Labute approximate surface area is 208 Å². The third-order valence-corrected chi connectivity index (χ3v) is 6.30. The molecule has 0 saturated carbocycles. The molecule has 2 aromatic carbocycles. The van der Waals surface area contributed by atoms with Crippen molar-refractivity contribution >= 4 is 28.5 Å². The molecule has 1 N–H and O–H groups in total. The van der Waals surface area contributed by atoms with E-state index in [0.717, 1.165) is 22.9 Å².